The second-order valence-electron chi connectivity index (χ2n) is 3.32. The van der Waals surface area contributed by atoms with Gasteiger partial charge in [0, 0.05) is 18.0 Å². The van der Waals surface area contributed by atoms with Gasteiger partial charge in [-0.25, -0.2) is 4.79 Å². The van der Waals surface area contributed by atoms with Crippen molar-refractivity contribution in [2.24, 2.45) is 0 Å². The number of rotatable bonds is 6. The summed E-state index contributed by atoms with van der Waals surface area (Å²) in [5, 5.41) is 7.88. The summed E-state index contributed by atoms with van der Waals surface area (Å²) < 4.78 is 0. The molecule has 0 bridgehead atoms. The molecule has 0 saturated heterocycles. The molecule has 0 radical (unpaired) electrons. The van der Waals surface area contributed by atoms with Crippen LogP contribution in [0.25, 0.3) is 0 Å². The summed E-state index contributed by atoms with van der Waals surface area (Å²) in [7, 11) is 0. The molecule has 0 saturated carbocycles. The summed E-state index contributed by atoms with van der Waals surface area (Å²) in [4.78, 5) is 22.1. The van der Waals surface area contributed by atoms with Crippen LogP contribution in [0.15, 0.2) is 29.2 Å². The summed E-state index contributed by atoms with van der Waals surface area (Å²) in [6.45, 7) is 1.05. The van der Waals surface area contributed by atoms with Gasteiger partial charge in [-0.2, -0.15) is 0 Å². The molecule has 0 fully saturated rings. The number of anilines is 1. The van der Waals surface area contributed by atoms with Crippen molar-refractivity contribution in [3.05, 3.63) is 24.3 Å². The van der Waals surface area contributed by atoms with Crippen LogP contribution in [-0.2, 0) is 4.79 Å². The van der Waals surface area contributed by atoms with Gasteiger partial charge < -0.3 is 16.0 Å². The molecule has 0 aliphatic heterocycles. The standard InChI is InChI=1S/C11H15N3O2S/c15-8-12-6-3-7-13-11(16)14-9-4-1-2-5-10(9)17/h1-2,4-5,8,17H,3,6-7H2,(H,12,15)(H2,13,14,16). The summed E-state index contributed by atoms with van der Waals surface area (Å²) >= 11 is 4.22. The Bertz CT molecular complexity index is 385. The molecule has 1 aromatic carbocycles. The van der Waals surface area contributed by atoms with Crippen LogP contribution in [-0.4, -0.2) is 25.5 Å². The molecule has 3 amide bonds. The monoisotopic (exact) mass is 253 g/mol. The first-order valence-electron chi connectivity index (χ1n) is 5.24. The van der Waals surface area contributed by atoms with Crippen molar-refractivity contribution < 1.29 is 9.59 Å². The molecule has 0 aliphatic carbocycles. The van der Waals surface area contributed by atoms with E-state index in [9.17, 15) is 9.59 Å². The first kappa shape index (κ1) is 13.4. The van der Waals surface area contributed by atoms with Gasteiger partial charge in [0.2, 0.25) is 6.41 Å². The van der Waals surface area contributed by atoms with E-state index < -0.39 is 0 Å². The molecular formula is C11H15N3O2S. The highest BCUT2D eigenvalue weighted by molar-refractivity contribution is 7.80. The first-order valence-corrected chi connectivity index (χ1v) is 5.68. The van der Waals surface area contributed by atoms with Crippen LogP contribution in [0.2, 0.25) is 0 Å². The van der Waals surface area contributed by atoms with E-state index in [4.69, 9.17) is 0 Å². The molecule has 5 nitrogen and oxygen atoms in total. The lowest BCUT2D eigenvalue weighted by Gasteiger charge is -2.08. The number of carbonyl (C=O) groups is 2. The molecule has 6 heteroatoms. The maximum atomic E-state index is 11.5. The number of urea groups is 1. The summed E-state index contributed by atoms with van der Waals surface area (Å²) in [5.41, 5.74) is 0.666. The van der Waals surface area contributed by atoms with Gasteiger partial charge in [-0.3, -0.25) is 4.79 Å². The molecule has 0 aromatic heterocycles. The van der Waals surface area contributed by atoms with Gasteiger partial charge in [0.25, 0.3) is 0 Å². The maximum absolute atomic E-state index is 11.5. The van der Waals surface area contributed by atoms with Crippen LogP contribution in [0, 0.1) is 0 Å². The van der Waals surface area contributed by atoms with Gasteiger partial charge in [0.1, 0.15) is 0 Å². The van der Waals surface area contributed by atoms with Crippen molar-refractivity contribution in [2.45, 2.75) is 11.3 Å². The predicted molar refractivity (Wildman–Crippen MR) is 69.4 cm³/mol. The molecule has 0 unspecified atom stereocenters. The second kappa shape index (κ2) is 7.56. The van der Waals surface area contributed by atoms with E-state index in [1.165, 1.54) is 0 Å². The minimum Gasteiger partial charge on any atom is -0.359 e. The Balaban J connectivity index is 2.25. The molecule has 1 aromatic rings. The Hall–Kier alpha value is -1.69. The Morgan fingerprint density at radius 2 is 2.06 bits per heavy atom. The lowest BCUT2D eigenvalue weighted by atomic mass is 10.3. The third-order valence-electron chi connectivity index (χ3n) is 2.02. The SMILES string of the molecule is O=CNCCCNC(=O)Nc1ccccc1S. The van der Waals surface area contributed by atoms with Gasteiger partial charge in [-0.05, 0) is 18.6 Å². The van der Waals surface area contributed by atoms with E-state index >= 15 is 0 Å². The quantitative estimate of drug-likeness (QED) is 0.350. The van der Waals surface area contributed by atoms with Gasteiger partial charge >= 0.3 is 6.03 Å². The fourth-order valence-corrected chi connectivity index (χ4v) is 1.41. The predicted octanol–water partition coefficient (Wildman–Crippen LogP) is 1.23. The lowest BCUT2D eigenvalue weighted by Crippen LogP contribution is -2.31. The van der Waals surface area contributed by atoms with Crippen LogP contribution < -0.4 is 16.0 Å². The number of benzene rings is 1. The number of hydrogen-bond donors (Lipinski definition) is 4. The average molecular weight is 253 g/mol. The number of amides is 3. The number of hydrogen-bond acceptors (Lipinski definition) is 3. The zero-order valence-electron chi connectivity index (χ0n) is 9.27. The topological polar surface area (TPSA) is 70.2 Å². The fourth-order valence-electron chi connectivity index (χ4n) is 1.20. The molecule has 3 N–H and O–H groups in total. The molecule has 0 heterocycles. The molecule has 0 atom stereocenters. The number of thiol groups is 1. The van der Waals surface area contributed by atoms with Gasteiger partial charge in [0.05, 0.1) is 5.69 Å². The van der Waals surface area contributed by atoms with E-state index in [1.54, 1.807) is 12.1 Å². The molecule has 0 aliphatic rings. The highest BCUT2D eigenvalue weighted by Crippen LogP contribution is 2.17. The van der Waals surface area contributed by atoms with Gasteiger partial charge in [0.15, 0.2) is 0 Å². The third kappa shape index (κ3) is 5.26. The normalized spacial score (nSPS) is 9.47. The Labute approximate surface area is 105 Å². The van der Waals surface area contributed by atoms with Crippen LogP contribution in [0.3, 0.4) is 0 Å². The van der Waals surface area contributed by atoms with Crippen molar-refractivity contribution >= 4 is 30.8 Å². The molecule has 17 heavy (non-hydrogen) atoms. The largest absolute Gasteiger partial charge is 0.359 e. The van der Waals surface area contributed by atoms with E-state index in [0.29, 0.717) is 36.5 Å². The van der Waals surface area contributed by atoms with E-state index in [1.807, 2.05) is 12.1 Å². The summed E-state index contributed by atoms with van der Waals surface area (Å²) in [6.07, 6.45) is 1.33. The Morgan fingerprint density at radius 1 is 1.29 bits per heavy atom. The number of para-hydroxylation sites is 1. The number of carbonyl (C=O) groups excluding carboxylic acids is 2. The van der Waals surface area contributed by atoms with Crippen molar-refractivity contribution in [1.29, 1.82) is 0 Å². The zero-order valence-corrected chi connectivity index (χ0v) is 10.2. The number of nitrogens with one attached hydrogen (secondary N) is 3. The van der Waals surface area contributed by atoms with E-state index in [2.05, 4.69) is 28.6 Å². The van der Waals surface area contributed by atoms with E-state index in [0.717, 1.165) is 0 Å². The van der Waals surface area contributed by atoms with Crippen LogP contribution in [0.1, 0.15) is 6.42 Å². The van der Waals surface area contributed by atoms with Crippen molar-refractivity contribution in [3.8, 4) is 0 Å². The third-order valence-corrected chi connectivity index (χ3v) is 2.41. The van der Waals surface area contributed by atoms with Crippen molar-refractivity contribution in [1.82, 2.24) is 10.6 Å². The van der Waals surface area contributed by atoms with Crippen molar-refractivity contribution in [3.63, 3.8) is 0 Å². The lowest BCUT2D eigenvalue weighted by molar-refractivity contribution is -0.109. The maximum Gasteiger partial charge on any atom is 0.319 e. The van der Waals surface area contributed by atoms with Crippen LogP contribution in [0.5, 0.6) is 0 Å². The minimum atomic E-state index is -0.280. The van der Waals surface area contributed by atoms with Crippen LogP contribution in [0.4, 0.5) is 10.5 Å². The molecule has 92 valence electrons. The highest BCUT2D eigenvalue weighted by Gasteiger charge is 2.02. The first-order chi connectivity index (χ1) is 8.24. The smallest absolute Gasteiger partial charge is 0.319 e. The Kier molecular flexibility index (Phi) is 5.95. The van der Waals surface area contributed by atoms with Gasteiger partial charge in [-0.1, -0.05) is 12.1 Å². The second-order valence-corrected chi connectivity index (χ2v) is 3.81. The minimum absolute atomic E-state index is 0.280. The Morgan fingerprint density at radius 3 is 2.76 bits per heavy atom. The molecular weight excluding hydrogens is 238 g/mol. The van der Waals surface area contributed by atoms with Gasteiger partial charge in [-0.15, -0.1) is 12.6 Å². The highest BCUT2D eigenvalue weighted by atomic mass is 32.1. The van der Waals surface area contributed by atoms with E-state index in [-0.39, 0.29) is 6.03 Å². The fraction of sp³-hybridized carbons (Fsp3) is 0.273. The van der Waals surface area contributed by atoms with Crippen LogP contribution >= 0.6 is 12.6 Å². The zero-order chi connectivity index (χ0) is 12.5. The summed E-state index contributed by atoms with van der Waals surface area (Å²) in [6, 6.07) is 6.96. The molecule has 1 rings (SSSR count). The average Bonchev–Trinajstić information content (AvgIpc) is 2.32. The molecule has 0 spiro atoms. The summed E-state index contributed by atoms with van der Waals surface area (Å²) in [5.74, 6) is 0. The van der Waals surface area contributed by atoms with Crippen molar-refractivity contribution in [2.75, 3.05) is 18.4 Å².